The highest BCUT2D eigenvalue weighted by Crippen LogP contribution is 2.17. The molecule has 0 unspecified atom stereocenters. The molecule has 0 saturated heterocycles. The number of aryl methyl sites for hydroxylation is 2. The molecule has 2 aromatic heterocycles. The standard InChI is InChI=1S/C14H18N4/c1-4-15-9-13-10(2)17-14(18-11(13)3)12-5-7-16-8-6-12/h5-8,15H,4,9H2,1-3H3. The first-order valence-electron chi connectivity index (χ1n) is 6.17. The van der Waals surface area contributed by atoms with Gasteiger partial charge in [0.15, 0.2) is 5.82 Å². The Kier molecular flexibility index (Phi) is 3.99. The number of nitrogens with one attached hydrogen (secondary N) is 1. The fourth-order valence-electron chi connectivity index (χ4n) is 1.88. The molecule has 4 nitrogen and oxygen atoms in total. The molecule has 0 radical (unpaired) electrons. The fraction of sp³-hybridized carbons (Fsp3) is 0.357. The molecule has 0 bridgehead atoms. The van der Waals surface area contributed by atoms with Crippen LogP contribution in [0.1, 0.15) is 23.9 Å². The van der Waals surface area contributed by atoms with Gasteiger partial charge in [0.25, 0.3) is 0 Å². The predicted molar refractivity (Wildman–Crippen MR) is 72.1 cm³/mol. The van der Waals surface area contributed by atoms with Gasteiger partial charge < -0.3 is 5.32 Å². The van der Waals surface area contributed by atoms with E-state index in [2.05, 4.69) is 27.2 Å². The molecular weight excluding hydrogens is 224 g/mol. The van der Waals surface area contributed by atoms with Gasteiger partial charge in [0.2, 0.25) is 0 Å². The summed E-state index contributed by atoms with van der Waals surface area (Å²) in [5.74, 6) is 0.771. The van der Waals surface area contributed by atoms with Crippen LogP contribution in [0.4, 0.5) is 0 Å². The van der Waals surface area contributed by atoms with Gasteiger partial charge in [-0.25, -0.2) is 9.97 Å². The van der Waals surface area contributed by atoms with Crippen molar-refractivity contribution in [1.29, 1.82) is 0 Å². The molecule has 0 spiro atoms. The lowest BCUT2D eigenvalue weighted by Crippen LogP contribution is -2.15. The topological polar surface area (TPSA) is 50.7 Å². The van der Waals surface area contributed by atoms with Gasteiger partial charge in [-0.1, -0.05) is 6.92 Å². The van der Waals surface area contributed by atoms with Crippen LogP contribution in [0, 0.1) is 13.8 Å². The van der Waals surface area contributed by atoms with E-state index in [1.165, 1.54) is 5.56 Å². The third-order valence-corrected chi connectivity index (χ3v) is 2.91. The van der Waals surface area contributed by atoms with Crippen LogP contribution in [0.15, 0.2) is 24.5 Å². The highest BCUT2D eigenvalue weighted by atomic mass is 14.9. The molecule has 2 rings (SSSR count). The Morgan fingerprint density at radius 2 is 1.67 bits per heavy atom. The maximum Gasteiger partial charge on any atom is 0.159 e. The number of aromatic nitrogens is 3. The van der Waals surface area contributed by atoms with Crippen molar-refractivity contribution >= 4 is 0 Å². The maximum absolute atomic E-state index is 4.58. The van der Waals surface area contributed by atoms with Gasteiger partial charge in [0, 0.05) is 41.5 Å². The first-order valence-corrected chi connectivity index (χ1v) is 6.17. The van der Waals surface area contributed by atoms with Gasteiger partial charge in [-0.05, 0) is 32.5 Å². The number of nitrogens with zero attached hydrogens (tertiary/aromatic N) is 3. The van der Waals surface area contributed by atoms with Gasteiger partial charge in [0.1, 0.15) is 0 Å². The Hall–Kier alpha value is -1.81. The predicted octanol–water partition coefficient (Wildman–Crippen LogP) is 2.26. The number of pyridine rings is 1. The highest BCUT2D eigenvalue weighted by Gasteiger charge is 2.09. The zero-order valence-electron chi connectivity index (χ0n) is 11.1. The normalized spacial score (nSPS) is 10.6. The van der Waals surface area contributed by atoms with Gasteiger partial charge in [-0.15, -0.1) is 0 Å². The van der Waals surface area contributed by atoms with E-state index >= 15 is 0 Å². The second kappa shape index (κ2) is 5.69. The summed E-state index contributed by atoms with van der Waals surface area (Å²) in [5.41, 5.74) is 4.27. The van der Waals surface area contributed by atoms with E-state index in [9.17, 15) is 0 Å². The van der Waals surface area contributed by atoms with Crippen molar-refractivity contribution in [2.24, 2.45) is 0 Å². The second-order valence-corrected chi connectivity index (χ2v) is 4.21. The molecule has 0 fully saturated rings. The van der Waals surface area contributed by atoms with E-state index in [4.69, 9.17) is 0 Å². The van der Waals surface area contributed by atoms with E-state index in [1.807, 2.05) is 26.0 Å². The average Bonchev–Trinajstić information content (AvgIpc) is 2.39. The Morgan fingerprint density at radius 1 is 1.06 bits per heavy atom. The zero-order chi connectivity index (χ0) is 13.0. The Balaban J connectivity index is 2.36. The van der Waals surface area contributed by atoms with Gasteiger partial charge >= 0.3 is 0 Å². The van der Waals surface area contributed by atoms with E-state index in [0.717, 1.165) is 35.9 Å². The van der Waals surface area contributed by atoms with Crippen LogP contribution in [0.25, 0.3) is 11.4 Å². The van der Waals surface area contributed by atoms with E-state index in [1.54, 1.807) is 12.4 Å². The molecule has 0 amide bonds. The summed E-state index contributed by atoms with van der Waals surface area (Å²) in [6.07, 6.45) is 3.52. The summed E-state index contributed by atoms with van der Waals surface area (Å²) >= 11 is 0. The smallest absolute Gasteiger partial charge is 0.159 e. The van der Waals surface area contributed by atoms with E-state index in [-0.39, 0.29) is 0 Å². The lowest BCUT2D eigenvalue weighted by atomic mass is 10.1. The third-order valence-electron chi connectivity index (χ3n) is 2.91. The molecule has 94 valence electrons. The largest absolute Gasteiger partial charge is 0.313 e. The van der Waals surface area contributed by atoms with Gasteiger partial charge in [-0.3, -0.25) is 4.98 Å². The monoisotopic (exact) mass is 242 g/mol. The molecule has 0 aliphatic carbocycles. The molecule has 0 atom stereocenters. The quantitative estimate of drug-likeness (QED) is 0.893. The van der Waals surface area contributed by atoms with Crippen molar-refractivity contribution in [3.8, 4) is 11.4 Å². The van der Waals surface area contributed by atoms with Crippen molar-refractivity contribution in [2.45, 2.75) is 27.3 Å². The van der Waals surface area contributed by atoms with Crippen LogP contribution >= 0.6 is 0 Å². The molecule has 2 aromatic rings. The summed E-state index contributed by atoms with van der Waals surface area (Å²) in [6.45, 7) is 7.94. The number of hydrogen-bond acceptors (Lipinski definition) is 4. The van der Waals surface area contributed by atoms with Crippen molar-refractivity contribution in [2.75, 3.05) is 6.54 Å². The van der Waals surface area contributed by atoms with E-state index in [0.29, 0.717) is 0 Å². The fourth-order valence-corrected chi connectivity index (χ4v) is 1.88. The highest BCUT2D eigenvalue weighted by molar-refractivity contribution is 5.54. The van der Waals surface area contributed by atoms with Crippen LogP contribution in [-0.2, 0) is 6.54 Å². The first kappa shape index (κ1) is 12.6. The first-order chi connectivity index (χ1) is 8.72. The van der Waals surface area contributed by atoms with Gasteiger partial charge in [-0.2, -0.15) is 0 Å². The molecule has 4 heteroatoms. The van der Waals surface area contributed by atoms with Crippen molar-refractivity contribution < 1.29 is 0 Å². The summed E-state index contributed by atoms with van der Waals surface area (Å²) < 4.78 is 0. The van der Waals surface area contributed by atoms with Crippen LogP contribution in [0.2, 0.25) is 0 Å². The average molecular weight is 242 g/mol. The van der Waals surface area contributed by atoms with Crippen LogP contribution in [0.5, 0.6) is 0 Å². The lowest BCUT2D eigenvalue weighted by Gasteiger charge is -2.11. The van der Waals surface area contributed by atoms with Crippen LogP contribution < -0.4 is 5.32 Å². The lowest BCUT2D eigenvalue weighted by molar-refractivity contribution is 0.711. The molecule has 0 saturated carbocycles. The van der Waals surface area contributed by atoms with Crippen molar-refractivity contribution in [1.82, 2.24) is 20.3 Å². The minimum atomic E-state index is 0.771. The zero-order valence-corrected chi connectivity index (χ0v) is 11.1. The van der Waals surface area contributed by atoms with Crippen LogP contribution in [-0.4, -0.2) is 21.5 Å². The van der Waals surface area contributed by atoms with Crippen LogP contribution in [0.3, 0.4) is 0 Å². The SMILES string of the molecule is CCNCc1c(C)nc(-c2ccncc2)nc1C. The molecule has 0 aromatic carbocycles. The Labute approximate surface area is 108 Å². The molecule has 0 aliphatic heterocycles. The number of hydrogen-bond donors (Lipinski definition) is 1. The van der Waals surface area contributed by atoms with E-state index < -0.39 is 0 Å². The Morgan fingerprint density at radius 3 is 2.22 bits per heavy atom. The Bertz CT molecular complexity index is 500. The van der Waals surface area contributed by atoms with Gasteiger partial charge in [0.05, 0.1) is 0 Å². The van der Waals surface area contributed by atoms with Crippen molar-refractivity contribution in [3.05, 3.63) is 41.5 Å². The second-order valence-electron chi connectivity index (χ2n) is 4.21. The summed E-state index contributed by atoms with van der Waals surface area (Å²) in [6, 6.07) is 3.86. The maximum atomic E-state index is 4.58. The molecular formula is C14H18N4. The molecule has 2 heterocycles. The summed E-state index contributed by atoms with van der Waals surface area (Å²) in [4.78, 5) is 13.2. The van der Waals surface area contributed by atoms with Crippen molar-refractivity contribution in [3.63, 3.8) is 0 Å². The molecule has 18 heavy (non-hydrogen) atoms. The minimum absolute atomic E-state index is 0.771. The number of rotatable bonds is 4. The molecule has 0 aliphatic rings. The molecule has 1 N–H and O–H groups in total. The summed E-state index contributed by atoms with van der Waals surface area (Å²) in [5, 5.41) is 3.32. The minimum Gasteiger partial charge on any atom is -0.313 e. The third kappa shape index (κ3) is 2.71. The summed E-state index contributed by atoms with van der Waals surface area (Å²) in [7, 11) is 0.